The van der Waals surface area contributed by atoms with Crippen molar-refractivity contribution in [2.24, 2.45) is 5.92 Å². The van der Waals surface area contributed by atoms with Crippen molar-refractivity contribution < 1.29 is 14.6 Å². The molecule has 0 radical (unpaired) electrons. The van der Waals surface area contributed by atoms with E-state index in [1.165, 1.54) is 0 Å². The van der Waals surface area contributed by atoms with Crippen LogP contribution in [0.25, 0.3) is 10.9 Å². The van der Waals surface area contributed by atoms with Gasteiger partial charge < -0.3 is 9.84 Å². The molecule has 5 nitrogen and oxygen atoms in total. The maximum Gasteiger partial charge on any atom is 0.335 e. The molecular weight excluding hydrogens is 375 g/mol. The summed E-state index contributed by atoms with van der Waals surface area (Å²) in [7, 11) is 0. The SMILES string of the molecule is CC(C)COc1cc(Cl)c(Cl)cc1Cn1ncc2cc(C(=O)O)ccc21. The third-order valence-electron chi connectivity index (χ3n) is 3.88. The maximum absolute atomic E-state index is 11.1. The van der Waals surface area contributed by atoms with Gasteiger partial charge in [0.15, 0.2) is 0 Å². The number of hydrogen-bond acceptors (Lipinski definition) is 3. The number of halogens is 2. The Morgan fingerprint density at radius 3 is 2.65 bits per heavy atom. The second kappa shape index (κ2) is 7.56. The molecule has 0 fully saturated rings. The first-order chi connectivity index (χ1) is 12.3. The molecule has 26 heavy (non-hydrogen) atoms. The zero-order valence-corrected chi connectivity index (χ0v) is 15.9. The summed E-state index contributed by atoms with van der Waals surface area (Å²) in [6, 6.07) is 8.41. The minimum Gasteiger partial charge on any atom is -0.493 e. The lowest BCUT2D eigenvalue weighted by molar-refractivity contribution is 0.0697. The van der Waals surface area contributed by atoms with Gasteiger partial charge in [-0.25, -0.2) is 4.79 Å². The Labute approximate surface area is 161 Å². The summed E-state index contributed by atoms with van der Waals surface area (Å²) in [4.78, 5) is 11.1. The van der Waals surface area contributed by atoms with Gasteiger partial charge in [-0.15, -0.1) is 0 Å². The summed E-state index contributed by atoms with van der Waals surface area (Å²) in [5, 5.41) is 15.1. The standard InChI is InChI=1S/C19H18Cl2N2O3/c1-11(2)10-26-18-7-16(21)15(20)6-14(18)9-23-17-4-3-12(19(24)25)5-13(17)8-22-23/h3-8,11H,9-10H2,1-2H3,(H,24,25). The molecule has 136 valence electrons. The number of nitrogens with zero attached hydrogens (tertiary/aromatic N) is 2. The van der Waals surface area contributed by atoms with E-state index in [0.717, 1.165) is 16.5 Å². The van der Waals surface area contributed by atoms with Crippen LogP contribution in [0.15, 0.2) is 36.5 Å². The molecule has 0 atom stereocenters. The highest BCUT2D eigenvalue weighted by molar-refractivity contribution is 6.42. The van der Waals surface area contributed by atoms with Gasteiger partial charge in [0, 0.05) is 17.0 Å². The number of fused-ring (bicyclic) bond motifs is 1. The summed E-state index contributed by atoms with van der Waals surface area (Å²) < 4.78 is 7.66. The zero-order valence-electron chi connectivity index (χ0n) is 14.4. The summed E-state index contributed by atoms with van der Waals surface area (Å²) >= 11 is 12.3. The van der Waals surface area contributed by atoms with Crippen molar-refractivity contribution >= 4 is 40.1 Å². The normalized spacial score (nSPS) is 11.3. The predicted molar refractivity (Wildman–Crippen MR) is 103 cm³/mol. The predicted octanol–water partition coefficient (Wildman–Crippen LogP) is 5.12. The minimum absolute atomic E-state index is 0.229. The van der Waals surface area contributed by atoms with Gasteiger partial charge in [-0.2, -0.15) is 5.10 Å². The molecule has 0 saturated heterocycles. The first-order valence-electron chi connectivity index (χ1n) is 8.14. The minimum atomic E-state index is -0.964. The molecular formula is C19H18Cl2N2O3. The van der Waals surface area contributed by atoms with Crippen molar-refractivity contribution in [1.82, 2.24) is 9.78 Å². The molecule has 7 heteroatoms. The second-order valence-corrected chi connectivity index (χ2v) is 7.27. The number of carboxylic acids is 1. The summed E-state index contributed by atoms with van der Waals surface area (Å²) in [5.41, 5.74) is 1.91. The molecule has 3 aromatic rings. The fraction of sp³-hybridized carbons (Fsp3) is 0.263. The van der Waals surface area contributed by atoms with E-state index in [9.17, 15) is 4.79 Å². The van der Waals surface area contributed by atoms with Crippen LogP contribution in [0.3, 0.4) is 0 Å². The number of aromatic carboxylic acids is 1. The third kappa shape index (κ3) is 3.94. The van der Waals surface area contributed by atoms with E-state index in [0.29, 0.717) is 34.9 Å². The number of rotatable bonds is 6. The van der Waals surface area contributed by atoms with E-state index in [1.807, 2.05) is 0 Å². The highest BCUT2D eigenvalue weighted by Gasteiger charge is 2.13. The van der Waals surface area contributed by atoms with E-state index in [-0.39, 0.29) is 5.56 Å². The van der Waals surface area contributed by atoms with E-state index < -0.39 is 5.97 Å². The van der Waals surface area contributed by atoms with E-state index in [1.54, 1.807) is 41.2 Å². The number of benzene rings is 2. The van der Waals surface area contributed by atoms with Crippen LogP contribution in [0.5, 0.6) is 5.75 Å². The lowest BCUT2D eigenvalue weighted by atomic mass is 10.1. The van der Waals surface area contributed by atoms with Crippen LogP contribution in [0, 0.1) is 5.92 Å². The smallest absolute Gasteiger partial charge is 0.335 e. The van der Waals surface area contributed by atoms with Crippen LogP contribution in [-0.4, -0.2) is 27.5 Å². The van der Waals surface area contributed by atoms with E-state index >= 15 is 0 Å². The molecule has 3 rings (SSSR count). The Balaban J connectivity index is 1.96. The Hall–Kier alpha value is -2.24. The fourth-order valence-electron chi connectivity index (χ4n) is 2.59. The Morgan fingerprint density at radius 2 is 1.96 bits per heavy atom. The molecule has 0 aliphatic rings. The van der Waals surface area contributed by atoms with Gasteiger partial charge in [0.2, 0.25) is 0 Å². The molecule has 0 amide bonds. The second-order valence-electron chi connectivity index (χ2n) is 6.46. The molecule has 1 aromatic heterocycles. The van der Waals surface area contributed by atoms with Crippen LogP contribution in [0.1, 0.15) is 29.8 Å². The van der Waals surface area contributed by atoms with Crippen LogP contribution in [0.4, 0.5) is 0 Å². The van der Waals surface area contributed by atoms with E-state index in [2.05, 4.69) is 18.9 Å². The Morgan fingerprint density at radius 1 is 1.23 bits per heavy atom. The lowest BCUT2D eigenvalue weighted by Crippen LogP contribution is -2.09. The van der Waals surface area contributed by atoms with Crippen molar-refractivity contribution in [2.75, 3.05) is 6.61 Å². The molecule has 0 aliphatic carbocycles. The van der Waals surface area contributed by atoms with Crippen molar-refractivity contribution in [1.29, 1.82) is 0 Å². The summed E-state index contributed by atoms with van der Waals surface area (Å²) in [5.74, 6) is 0.0738. The Bertz CT molecular complexity index is 967. The average Bonchev–Trinajstić information content (AvgIpc) is 2.98. The third-order valence-corrected chi connectivity index (χ3v) is 4.61. The van der Waals surface area contributed by atoms with Crippen LogP contribution >= 0.6 is 23.2 Å². The van der Waals surface area contributed by atoms with Crippen molar-refractivity contribution in [3.05, 3.63) is 57.7 Å². The fourth-order valence-corrected chi connectivity index (χ4v) is 2.93. The van der Waals surface area contributed by atoms with Crippen molar-refractivity contribution in [3.8, 4) is 5.75 Å². The number of hydrogen-bond donors (Lipinski definition) is 1. The number of ether oxygens (including phenoxy) is 1. The first-order valence-corrected chi connectivity index (χ1v) is 8.90. The molecule has 0 saturated carbocycles. The number of carbonyl (C=O) groups is 1. The first kappa shape index (κ1) is 18.5. The highest BCUT2D eigenvalue weighted by Crippen LogP contribution is 2.32. The zero-order chi connectivity index (χ0) is 18.8. The quantitative estimate of drug-likeness (QED) is 0.631. The molecule has 2 aromatic carbocycles. The monoisotopic (exact) mass is 392 g/mol. The van der Waals surface area contributed by atoms with Crippen molar-refractivity contribution in [3.63, 3.8) is 0 Å². The van der Waals surface area contributed by atoms with Gasteiger partial charge in [0.05, 0.1) is 40.5 Å². The van der Waals surface area contributed by atoms with Crippen LogP contribution in [0.2, 0.25) is 10.0 Å². The summed E-state index contributed by atoms with van der Waals surface area (Å²) in [6.07, 6.45) is 1.65. The molecule has 1 N–H and O–H groups in total. The van der Waals surface area contributed by atoms with Gasteiger partial charge in [-0.05, 0) is 30.2 Å². The lowest BCUT2D eigenvalue weighted by Gasteiger charge is -2.15. The van der Waals surface area contributed by atoms with Crippen LogP contribution in [-0.2, 0) is 6.54 Å². The number of carboxylic acid groups (broad SMARTS) is 1. The van der Waals surface area contributed by atoms with Crippen molar-refractivity contribution in [2.45, 2.75) is 20.4 Å². The van der Waals surface area contributed by atoms with Gasteiger partial charge in [-0.1, -0.05) is 37.0 Å². The average molecular weight is 393 g/mol. The summed E-state index contributed by atoms with van der Waals surface area (Å²) in [6.45, 7) is 5.13. The van der Waals surface area contributed by atoms with Gasteiger partial charge in [0.1, 0.15) is 5.75 Å². The topological polar surface area (TPSA) is 64.4 Å². The van der Waals surface area contributed by atoms with E-state index in [4.69, 9.17) is 33.0 Å². The van der Waals surface area contributed by atoms with Gasteiger partial charge in [-0.3, -0.25) is 4.68 Å². The van der Waals surface area contributed by atoms with Crippen LogP contribution < -0.4 is 4.74 Å². The Kier molecular flexibility index (Phi) is 5.39. The van der Waals surface area contributed by atoms with Gasteiger partial charge >= 0.3 is 5.97 Å². The molecule has 1 heterocycles. The largest absolute Gasteiger partial charge is 0.493 e. The van der Waals surface area contributed by atoms with Gasteiger partial charge in [0.25, 0.3) is 0 Å². The highest BCUT2D eigenvalue weighted by atomic mass is 35.5. The molecule has 0 aliphatic heterocycles. The molecule has 0 unspecified atom stereocenters. The number of aromatic nitrogens is 2. The maximum atomic E-state index is 11.1. The molecule has 0 spiro atoms. The molecule has 0 bridgehead atoms.